The summed E-state index contributed by atoms with van der Waals surface area (Å²) in [6, 6.07) is 15.4. The van der Waals surface area contributed by atoms with Crippen LogP contribution in [-0.2, 0) is 47.7 Å². The number of phosphoric ester groups is 1. The van der Waals surface area contributed by atoms with E-state index in [0.717, 1.165) is 10.8 Å². The number of para-hydroxylation sites is 1. The number of aliphatic hydroxyl groups is 2. The molecule has 344 valence electrons. The Morgan fingerprint density at radius 2 is 1.36 bits per heavy atom. The van der Waals surface area contributed by atoms with Crippen LogP contribution in [0.2, 0.25) is 0 Å². The molecule has 24 heteroatoms. The summed E-state index contributed by atoms with van der Waals surface area (Å²) < 4.78 is 69.2. The Balaban J connectivity index is 0.000000784. The van der Waals surface area contributed by atoms with Crippen LogP contribution in [0.5, 0.6) is 5.75 Å². The van der Waals surface area contributed by atoms with Gasteiger partial charge in [0, 0.05) is 6.20 Å². The van der Waals surface area contributed by atoms with Gasteiger partial charge in [-0.15, -0.1) is 0 Å². The minimum atomic E-state index is -5.84. The number of aromatic nitrogens is 2. The number of anilines is 1. The highest BCUT2D eigenvalue weighted by atomic mass is 31.3. The molecule has 3 aromatic rings. The van der Waals surface area contributed by atoms with E-state index < -0.39 is 72.2 Å². The molecule has 0 saturated carbocycles. The number of hydrogen-bond donors (Lipinski definition) is 6. The summed E-state index contributed by atoms with van der Waals surface area (Å²) in [7, 11) is -16.5. The molecule has 2 heterocycles. The van der Waals surface area contributed by atoms with E-state index in [1.165, 1.54) is 76.5 Å². The minimum absolute atomic E-state index is 0.125. The smallest absolute Gasteiger partial charge is 0.460 e. The molecule has 1 aliphatic heterocycles. The lowest BCUT2D eigenvalue weighted by Crippen LogP contribution is -2.36. The highest BCUT2D eigenvalue weighted by Crippen LogP contribution is 2.67. The minimum Gasteiger partial charge on any atom is -0.460 e. The van der Waals surface area contributed by atoms with Gasteiger partial charge in [-0.2, -0.15) is 18.7 Å². The van der Waals surface area contributed by atoms with Gasteiger partial charge in [0.2, 0.25) is 0 Å². The zero-order valence-electron chi connectivity index (χ0n) is 35.5. The fraction of sp³-hybridized carbons (Fsp3) is 0.541. The Labute approximate surface area is 356 Å². The molecule has 4 rings (SSSR count). The van der Waals surface area contributed by atoms with Gasteiger partial charge in [-0.1, -0.05) is 90.1 Å². The molecule has 21 nitrogen and oxygen atoms in total. The summed E-state index contributed by atoms with van der Waals surface area (Å²) >= 11 is 0. The SMILES string of the molecule is CCN(CC)CC.CCN(CC)CC.C[C@H](NP(=O)(Oc1ccccc1)OP(=O)(O)OP(=O)(O)OC[C@H]1O[C@@H](n2ccc(N)nc2=O)[C@@H](O)[C@@H]1O)C(=O)OCc1ccccc1. The average molecular weight is 923 g/mol. The van der Waals surface area contributed by atoms with Crippen molar-refractivity contribution >= 4 is 35.2 Å². The number of nitrogens with one attached hydrogen (secondary N) is 1. The van der Waals surface area contributed by atoms with Crippen LogP contribution < -0.4 is 21.0 Å². The molecule has 1 aliphatic rings. The maximum absolute atomic E-state index is 13.6. The number of aliphatic hydroxyl groups excluding tert-OH is 2. The number of carbonyl (C=O) groups is 1. The zero-order chi connectivity index (χ0) is 45.8. The van der Waals surface area contributed by atoms with E-state index in [-0.39, 0.29) is 18.2 Å². The van der Waals surface area contributed by atoms with Crippen molar-refractivity contribution in [1.29, 1.82) is 0 Å². The standard InChI is InChI=1S/C25H31N4O15P3.2C6H15N/c1-16(24(32)39-14-17-8-4-2-5-9-17)28-45(34,42-18-10-6-3-7-11-18)43-47(37,38)44-46(35,36)40-15-19-21(30)22(31)23(41-19)29-13-12-20(26)27-25(29)33;2*1-4-7(5-2)6-3/h2-13,16,19,21-23,30-31H,14-15H2,1H3,(H,28,34)(H,35,36)(H,37,38)(H2,26,27,33);2*4-6H2,1-3H3/t16-,19+,21+,22-,23+,45?;;/m0../s1. The van der Waals surface area contributed by atoms with Gasteiger partial charge in [0.25, 0.3) is 0 Å². The molecule has 3 unspecified atom stereocenters. The molecule has 0 radical (unpaired) electrons. The van der Waals surface area contributed by atoms with Gasteiger partial charge in [0.05, 0.1) is 6.61 Å². The molecule has 8 atom stereocenters. The highest BCUT2D eigenvalue weighted by Gasteiger charge is 2.48. The third-order valence-corrected chi connectivity index (χ3v) is 13.8. The van der Waals surface area contributed by atoms with Crippen LogP contribution >= 0.6 is 23.4 Å². The number of hydrogen-bond acceptors (Lipinski definition) is 17. The van der Waals surface area contributed by atoms with Crippen molar-refractivity contribution in [3.05, 3.63) is 89.0 Å². The molecule has 0 aliphatic carbocycles. The number of benzene rings is 2. The topological polar surface area (TPSA) is 284 Å². The van der Waals surface area contributed by atoms with Crippen molar-refractivity contribution in [2.75, 3.05) is 51.6 Å². The largest absolute Gasteiger partial charge is 0.490 e. The van der Waals surface area contributed by atoms with E-state index in [2.05, 4.69) is 74.6 Å². The third kappa shape index (κ3) is 18.9. The highest BCUT2D eigenvalue weighted by molar-refractivity contribution is 7.68. The summed E-state index contributed by atoms with van der Waals surface area (Å²) in [6.45, 7) is 20.2. The predicted octanol–water partition coefficient (Wildman–Crippen LogP) is 4.30. The first kappa shape index (κ1) is 53.8. The van der Waals surface area contributed by atoms with Gasteiger partial charge in [-0.3, -0.25) is 13.9 Å². The Hall–Kier alpha value is -3.36. The molecule has 0 amide bonds. The van der Waals surface area contributed by atoms with E-state index in [9.17, 15) is 43.3 Å². The fourth-order valence-corrected chi connectivity index (χ4v) is 9.76. The molecule has 0 bridgehead atoms. The third-order valence-electron chi connectivity index (χ3n) is 8.86. The molecule has 61 heavy (non-hydrogen) atoms. The Bertz CT molecular complexity index is 1920. The summed E-state index contributed by atoms with van der Waals surface area (Å²) in [6.07, 6.45) is -5.49. The van der Waals surface area contributed by atoms with Gasteiger partial charge in [0.15, 0.2) is 6.23 Å². The Kier molecular flexibility index (Phi) is 23.2. The molecule has 0 spiro atoms. The maximum Gasteiger partial charge on any atom is 0.490 e. The first-order chi connectivity index (χ1) is 28.8. The number of phosphoric acid groups is 2. The van der Waals surface area contributed by atoms with Gasteiger partial charge < -0.3 is 49.5 Å². The number of nitrogens with zero attached hydrogens (tertiary/aromatic N) is 4. The van der Waals surface area contributed by atoms with Gasteiger partial charge in [0.1, 0.15) is 42.5 Å². The predicted molar refractivity (Wildman–Crippen MR) is 227 cm³/mol. The molecule has 1 saturated heterocycles. The van der Waals surface area contributed by atoms with Crippen molar-refractivity contribution in [2.45, 2.75) is 85.7 Å². The van der Waals surface area contributed by atoms with Crippen LogP contribution in [0.3, 0.4) is 0 Å². The number of nitrogen functional groups attached to an aromatic ring is 1. The second kappa shape index (κ2) is 26.3. The molecule has 1 fully saturated rings. The number of ether oxygens (including phenoxy) is 2. The Morgan fingerprint density at radius 1 is 0.836 bits per heavy atom. The zero-order valence-corrected chi connectivity index (χ0v) is 38.1. The first-order valence-electron chi connectivity index (χ1n) is 19.6. The van der Waals surface area contributed by atoms with Crippen molar-refractivity contribution < 1.29 is 65.6 Å². The summed E-state index contributed by atoms with van der Waals surface area (Å²) in [5.41, 5.74) is 5.13. The lowest BCUT2D eigenvalue weighted by Gasteiger charge is -2.25. The average Bonchev–Trinajstić information content (AvgIpc) is 3.49. The number of carbonyl (C=O) groups excluding carboxylic acids is 1. The Morgan fingerprint density at radius 3 is 1.85 bits per heavy atom. The van der Waals surface area contributed by atoms with Crippen LogP contribution in [0, 0.1) is 0 Å². The number of esters is 1. The van der Waals surface area contributed by atoms with E-state index in [0.29, 0.717) is 5.56 Å². The van der Waals surface area contributed by atoms with Gasteiger partial charge >= 0.3 is 35.1 Å². The fourth-order valence-electron chi connectivity index (χ4n) is 5.36. The summed E-state index contributed by atoms with van der Waals surface area (Å²) in [5.74, 6) is -1.25. The molecule has 2 aromatic carbocycles. The molecular weight excluding hydrogens is 861 g/mol. The molecule has 7 N–H and O–H groups in total. The summed E-state index contributed by atoms with van der Waals surface area (Å²) in [4.78, 5) is 53.4. The van der Waals surface area contributed by atoms with Crippen molar-refractivity contribution in [1.82, 2.24) is 24.4 Å². The first-order valence-corrected chi connectivity index (χ1v) is 24.2. The quantitative estimate of drug-likeness (QED) is 0.0641. The molecule has 1 aromatic heterocycles. The van der Waals surface area contributed by atoms with E-state index in [4.69, 9.17) is 19.7 Å². The molecular formula is C37H61N6O15P3. The van der Waals surface area contributed by atoms with Crippen LogP contribution in [0.1, 0.15) is 60.3 Å². The lowest BCUT2D eigenvalue weighted by molar-refractivity contribution is -0.146. The number of nitrogens with two attached hydrogens (primary N) is 1. The number of rotatable bonds is 21. The van der Waals surface area contributed by atoms with Crippen molar-refractivity contribution in [2.24, 2.45) is 0 Å². The van der Waals surface area contributed by atoms with Crippen LogP contribution in [0.4, 0.5) is 5.82 Å². The van der Waals surface area contributed by atoms with E-state index in [1.807, 2.05) is 0 Å². The van der Waals surface area contributed by atoms with Crippen molar-refractivity contribution in [3.8, 4) is 5.75 Å². The van der Waals surface area contributed by atoms with E-state index >= 15 is 0 Å². The van der Waals surface area contributed by atoms with Crippen LogP contribution in [0.25, 0.3) is 0 Å². The summed E-state index contributed by atoms with van der Waals surface area (Å²) in [5, 5.41) is 22.8. The lowest BCUT2D eigenvalue weighted by atomic mass is 10.1. The second-order valence-corrected chi connectivity index (χ2v) is 17.9. The van der Waals surface area contributed by atoms with E-state index in [1.54, 1.807) is 36.4 Å². The van der Waals surface area contributed by atoms with Gasteiger partial charge in [-0.25, -0.2) is 18.5 Å². The van der Waals surface area contributed by atoms with Crippen LogP contribution in [0.15, 0.2) is 77.7 Å². The monoisotopic (exact) mass is 922 g/mol. The van der Waals surface area contributed by atoms with Crippen LogP contribution in [-0.4, -0.2) is 116 Å². The van der Waals surface area contributed by atoms with Crippen molar-refractivity contribution in [3.63, 3.8) is 0 Å². The second-order valence-electron chi connectivity index (χ2n) is 13.1. The maximum atomic E-state index is 13.6. The normalized spacial score (nSPS) is 20.8. The van der Waals surface area contributed by atoms with Gasteiger partial charge in [-0.05, 0) is 70.0 Å².